The Morgan fingerprint density at radius 3 is 2.84 bits per heavy atom. The van der Waals surface area contributed by atoms with E-state index < -0.39 is 0 Å². The van der Waals surface area contributed by atoms with Crippen molar-refractivity contribution in [3.05, 3.63) is 42.7 Å². The molecule has 0 spiro atoms. The molecule has 1 aromatic carbocycles. The van der Waals surface area contributed by atoms with Gasteiger partial charge in [-0.3, -0.25) is 9.69 Å². The van der Waals surface area contributed by atoms with Gasteiger partial charge in [0, 0.05) is 44.5 Å². The van der Waals surface area contributed by atoms with Crippen molar-refractivity contribution in [3.8, 4) is 10.4 Å². The number of benzene rings is 1. The minimum absolute atomic E-state index is 0.0782. The molecule has 0 aliphatic carbocycles. The topological polar surface area (TPSA) is 70.6 Å². The molecule has 0 unspecified atom stereocenters. The lowest BCUT2D eigenvalue weighted by Gasteiger charge is -2.26. The maximum atomic E-state index is 12.3. The minimum Gasteiger partial charge on any atom is -0.379 e. The number of anilines is 1. The van der Waals surface area contributed by atoms with Crippen LogP contribution in [0.15, 0.2) is 42.7 Å². The Morgan fingerprint density at radius 2 is 2.03 bits per heavy atom. The summed E-state index contributed by atoms with van der Waals surface area (Å²) in [5.74, 6) is 0.943. The summed E-state index contributed by atoms with van der Waals surface area (Å²) in [6.07, 6.45) is 3.01. The van der Waals surface area contributed by atoms with E-state index in [1.54, 1.807) is 17.7 Å². The predicted octanol–water partition coefficient (Wildman–Crippen LogP) is 3.02. The molecule has 3 heterocycles. The molecular formula is C23H29N5O2S. The second-order valence-electron chi connectivity index (χ2n) is 7.72. The van der Waals surface area contributed by atoms with Crippen LogP contribution in [0.2, 0.25) is 0 Å². The number of amides is 1. The molecule has 1 aliphatic heterocycles. The second-order valence-corrected chi connectivity index (χ2v) is 8.75. The summed E-state index contributed by atoms with van der Waals surface area (Å²) in [5, 5.41) is 4.07. The van der Waals surface area contributed by atoms with Gasteiger partial charge in [-0.25, -0.2) is 9.97 Å². The number of hydrogen-bond donors (Lipinski definition) is 1. The van der Waals surface area contributed by atoms with Crippen molar-refractivity contribution < 1.29 is 9.53 Å². The molecule has 1 saturated heterocycles. The van der Waals surface area contributed by atoms with Gasteiger partial charge in [0.1, 0.15) is 17.0 Å². The molecule has 0 saturated carbocycles. The standard InChI is InChI=1S/C23H29N5O2S/c1-27(11-8-21(29)24-9-5-10-28-12-14-30-15-13-28)22-19-16-20(18-6-3-2-4-7-18)31-23(19)26-17-25-22/h2-4,6-7,16-17H,5,8-15H2,1H3,(H,24,29). The minimum atomic E-state index is 0.0782. The van der Waals surface area contributed by atoms with Crippen LogP contribution in [0.3, 0.4) is 0 Å². The molecule has 1 fully saturated rings. The van der Waals surface area contributed by atoms with Gasteiger partial charge in [-0.15, -0.1) is 11.3 Å². The van der Waals surface area contributed by atoms with Gasteiger partial charge in [0.25, 0.3) is 0 Å². The Balaban J connectivity index is 1.28. The third-order valence-corrected chi connectivity index (χ3v) is 6.57. The number of rotatable bonds is 9. The number of nitrogens with zero attached hydrogens (tertiary/aromatic N) is 4. The summed E-state index contributed by atoms with van der Waals surface area (Å²) in [6.45, 7) is 5.92. The maximum Gasteiger partial charge on any atom is 0.221 e. The van der Waals surface area contributed by atoms with Crippen molar-refractivity contribution in [3.63, 3.8) is 0 Å². The normalized spacial score (nSPS) is 14.6. The van der Waals surface area contributed by atoms with Crippen molar-refractivity contribution in [1.29, 1.82) is 0 Å². The highest BCUT2D eigenvalue weighted by Gasteiger charge is 2.14. The lowest BCUT2D eigenvalue weighted by molar-refractivity contribution is -0.120. The van der Waals surface area contributed by atoms with Gasteiger partial charge in [-0.2, -0.15) is 0 Å². The first-order valence-electron chi connectivity index (χ1n) is 10.8. The number of hydrogen-bond acceptors (Lipinski definition) is 7. The van der Waals surface area contributed by atoms with Gasteiger partial charge in [0.05, 0.1) is 18.6 Å². The molecule has 3 aromatic rings. The fourth-order valence-corrected chi connectivity index (χ4v) is 4.71. The Hall–Kier alpha value is -2.55. The highest BCUT2D eigenvalue weighted by Crippen LogP contribution is 2.35. The molecule has 7 nitrogen and oxygen atoms in total. The van der Waals surface area contributed by atoms with Crippen LogP contribution >= 0.6 is 11.3 Å². The van der Waals surface area contributed by atoms with E-state index in [0.29, 0.717) is 19.5 Å². The lowest BCUT2D eigenvalue weighted by Crippen LogP contribution is -2.38. The van der Waals surface area contributed by atoms with Gasteiger partial charge >= 0.3 is 0 Å². The predicted molar refractivity (Wildman–Crippen MR) is 126 cm³/mol. The molecule has 2 aromatic heterocycles. The van der Waals surface area contributed by atoms with Gasteiger partial charge in [-0.05, 0) is 24.6 Å². The molecule has 4 rings (SSSR count). The first kappa shape index (κ1) is 21.7. The second kappa shape index (κ2) is 10.7. The summed E-state index contributed by atoms with van der Waals surface area (Å²) in [5.41, 5.74) is 1.18. The van der Waals surface area contributed by atoms with E-state index in [-0.39, 0.29) is 5.91 Å². The fraction of sp³-hybridized carbons (Fsp3) is 0.435. The van der Waals surface area contributed by atoms with Crippen LogP contribution < -0.4 is 10.2 Å². The van der Waals surface area contributed by atoms with Gasteiger partial charge < -0.3 is 15.0 Å². The van der Waals surface area contributed by atoms with Crippen LogP contribution in [0.25, 0.3) is 20.7 Å². The molecule has 164 valence electrons. The summed E-state index contributed by atoms with van der Waals surface area (Å²) in [6, 6.07) is 12.4. The first-order chi connectivity index (χ1) is 15.2. The van der Waals surface area contributed by atoms with Crippen LogP contribution in [0.4, 0.5) is 5.82 Å². The Kier molecular flexibility index (Phi) is 7.45. The van der Waals surface area contributed by atoms with E-state index in [1.165, 1.54) is 10.4 Å². The molecule has 0 bridgehead atoms. The number of nitrogens with one attached hydrogen (secondary N) is 1. The van der Waals surface area contributed by atoms with E-state index >= 15 is 0 Å². The summed E-state index contributed by atoms with van der Waals surface area (Å²) < 4.78 is 5.36. The highest BCUT2D eigenvalue weighted by molar-refractivity contribution is 7.21. The summed E-state index contributed by atoms with van der Waals surface area (Å²) >= 11 is 1.66. The number of thiophene rings is 1. The number of morpholine rings is 1. The van der Waals surface area contributed by atoms with E-state index in [0.717, 1.165) is 55.3 Å². The van der Waals surface area contributed by atoms with E-state index in [2.05, 4.69) is 38.4 Å². The average molecular weight is 440 g/mol. The van der Waals surface area contributed by atoms with Crippen molar-refractivity contribution in [2.45, 2.75) is 12.8 Å². The quantitative estimate of drug-likeness (QED) is 0.517. The zero-order valence-corrected chi connectivity index (χ0v) is 18.7. The Labute approximate surface area is 187 Å². The number of carbonyl (C=O) groups excluding carboxylic acids is 1. The molecule has 8 heteroatoms. The van der Waals surface area contributed by atoms with Crippen LogP contribution in [-0.4, -0.2) is 73.8 Å². The van der Waals surface area contributed by atoms with E-state index in [9.17, 15) is 4.79 Å². The molecule has 1 amide bonds. The number of carbonyl (C=O) groups is 1. The van der Waals surface area contributed by atoms with Crippen molar-refractivity contribution in [1.82, 2.24) is 20.2 Å². The molecule has 0 radical (unpaired) electrons. The smallest absolute Gasteiger partial charge is 0.221 e. The SMILES string of the molecule is CN(CCC(=O)NCCCN1CCOCC1)c1ncnc2sc(-c3ccccc3)cc12. The Morgan fingerprint density at radius 1 is 1.23 bits per heavy atom. The number of aromatic nitrogens is 2. The third-order valence-electron chi connectivity index (χ3n) is 5.48. The number of ether oxygens (including phenoxy) is 1. The van der Waals surface area contributed by atoms with Crippen molar-refractivity contribution in [2.24, 2.45) is 0 Å². The summed E-state index contributed by atoms with van der Waals surface area (Å²) in [7, 11) is 1.98. The molecule has 1 aliphatic rings. The monoisotopic (exact) mass is 439 g/mol. The Bertz CT molecular complexity index is 988. The van der Waals surface area contributed by atoms with Crippen LogP contribution in [0, 0.1) is 0 Å². The lowest BCUT2D eigenvalue weighted by atomic mass is 10.2. The first-order valence-corrected chi connectivity index (χ1v) is 11.6. The van der Waals surface area contributed by atoms with Crippen molar-refractivity contribution >= 4 is 33.3 Å². The summed E-state index contributed by atoms with van der Waals surface area (Å²) in [4.78, 5) is 27.8. The molecule has 1 N–H and O–H groups in total. The molecule has 0 atom stereocenters. The third kappa shape index (κ3) is 5.78. The highest BCUT2D eigenvalue weighted by atomic mass is 32.1. The zero-order valence-electron chi connectivity index (χ0n) is 17.9. The zero-order chi connectivity index (χ0) is 21.5. The van der Waals surface area contributed by atoms with E-state index in [4.69, 9.17) is 4.74 Å². The van der Waals surface area contributed by atoms with Gasteiger partial charge in [0.2, 0.25) is 5.91 Å². The average Bonchev–Trinajstić information content (AvgIpc) is 3.26. The fourth-order valence-electron chi connectivity index (χ4n) is 3.71. The van der Waals surface area contributed by atoms with Crippen LogP contribution in [0.5, 0.6) is 0 Å². The number of fused-ring (bicyclic) bond motifs is 1. The van der Waals surface area contributed by atoms with Crippen LogP contribution in [-0.2, 0) is 9.53 Å². The maximum absolute atomic E-state index is 12.3. The largest absolute Gasteiger partial charge is 0.379 e. The van der Waals surface area contributed by atoms with E-state index in [1.807, 2.05) is 30.1 Å². The van der Waals surface area contributed by atoms with Crippen LogP contribution in [0.1, 0.15) is 12.8 Å². The molecule has 31 heavy (non-hydrogen) atoms. The van der Waals surface area contributed by atoms with Crippen molar-refractivity contribution in [2.75, 3.05) is 57.9 Å². The molecular weight excluding hydrogens is 410 g/mol. The van der Waals surface area contributed by atoms with Gasteiger partial charge in [-0.1, -0.05) is 30.3 Å². The van der Waals surface area contributed by atoms with Gasteiger partial charge in [0.15, 0.2) is 0 Å².